The summed E-state index contributed by atoms with van der Waals surface area (Å²) >= 11 is 0. The number of hydrogen-bond donors (Lipinski definition) is 1. The second-order valence-electron chi connectivity index (χ2n) is 11.3. The Morgan fingerprint density at radius 3 is 2.50 bits per heavy atom. The van der Waals surface area contributed by atoms with Crippen LogP contribution in [0.3, 0.4) is 0 Å². The predicted octanol–water partition coefficient (Wildman–Crippen LogP) is 5.70. The molecule has 1 aliphatic heterocycles. The SMILES string of the molecule is CCCN1CCN(CCN(C(=O)Nc2ccc(F)c(C(F)(F)F)c2)[C@@H]2CC[C@]3(c4cccc(C#N)c4)CC23)CC1. The third kappa shape index (κ3) is 5.81. The Balaban J connectivity index is 1.33. The molecule has 2 aliphatic carbocycles. The topological polar surface area (TPSA) is 62.6 Å². The molecule has 3 aliphatic rings. The van der Waals surface area contributed by atoms with Crippen LogP contribution in [-0.4, -0.2) is 72.6 Å². The summed E-state index contributed by atoms with van der Waals surface area (Å²) in [5.41, 5.74) is 0.149. The summed E-state index contributed by atoms with van der Waals surface area (Å²) in [6.07, 6.45) is -1.19. The van der Waals surface area contributed by atoms with Crippen molar-refractivity contribution in [2.75, 3.05) is 51.1 Å². The van der Waals surface area contributed by atoms with E-state index < -0.39 is 23.6 Å². The average Bonchev–Trinajstić information content (AvgIpc) is 3.57. The fourth-order valence-electron chi connectivity index (χ4n) is 6.72. The van der Waals surface area contributed by atoms with E-state index in [1.165, 1.54) is 0 Å². The molecule has 0 spiro atoms. The first-order chi connectivity index (χ1) is 19.1. The minimum Gasteiger partial charge on any atom is -0.320 e. The van der Waals surface area contributed by atoms with Crippen molar-refractivity contribution >= 4 is 11.7 Å². The summed E-state index contributed by atoms with van der Waals surface area (Å²) in [4.78, 5) is 20.2. The molecule has 40 heavy (non-hydrogen) atoms. The Morgan fingerprint density at radius 1 is 1.12 bits per heavy atom. The second kappa shape index (κ2) is 11.4. The number of carbonyl (C=O) groups is 1. The van der Waals surface area contributed by atoms with E-state index in [4.69, 9.17) is 0 Å². The predicted molar refractivity (Wildman–Crippen MR) is 144 cm³/mol. The molecular weight excluding hydrogens is 522 g/mol. The van der Waals surface area contributed by atoms with Gasteiger partial charge in [-0.1, -0.05) is 19.1 Å². The van der Waals surface area contributed by atoms with Crippen molar-refractivity contribution < 1.29 is 22.4 Å². The molecule has 0 aromatic heterocycles. The van der Waals surface area contributed by atoms with Crippen molar-refractivity contribution in [1.29, 1.82) is 5.26 Å². The molecule has 2 amide bonds. The Bertz CT molecular complexity index is 1270. The van der Waals surface area contributed by atoms with Crippen LogP contribution in [0.2, 0.25) is 0 Å². The van der Waals surface area contributed by atoms with Crippen molar-refractivity contribution in [3.8, 4) is 6.07 Å². The fourth-order valence-corrected chi connectivity index (χ4v) is 6.72. The molecule has 0 radical (unpaired) electrons. The van der Waals surface area contributed by atoms with Crippen LogP contribution in [0, 0.1) is 23.1 Å². The van der Waals surface area contributed by atoms with Gasteiger partial charge in [-0.2, -0.15) is 18.4 Å². The Hall–Kier alpha value is -3.16. The van der Waals surface area contributed by atoms with Crippen LogP contribution in [0.1, 0.15) is 49.3 Å². The summed E-state index contributed by atoms with van der Waals surface area (Å²) in [7, 11) is 0. The third-order valence-corrected chi connectivity index (χ3v) is 8.90. The Morgan fingerprint density at radius 2 is 1.85 bits per heavy atom. The van der Waals surface area contributed by atoms with Gasteiger partial charge in [-0.15, -0.1) is 0 Å². The molecule has 214 valence electrons. The highest BCUT2D eigenvalue weighted by Gasteiger charge is 2.64. The number of urea groups is 1. The lowest BCUT2D eigenvalue weighted by atomic mass is 9.92. The number of hydrogen-bond acceptors (Lipinski definition) is 4. The van der Waals surface area contributed by atoms with E-state index in [0.717, 1.165) is 76.1 Å². The number of nitrogens with one attached hydrogen (secondary N) is 1. The highest BCUT2D eigenvalue weighted by Crippen LogP contribution is 2.65. The molecule has 2 aromatic rings. The number of carbonyl (C=O) groups excluding carboxylic acids is 1. The number of anilines is 1. The zero-order valence-corrected chi connectivity index (χ0v) is 22.7. The molecule has 1 N–H and O–H groups in total. The first kappa shape index (κ1) is 28.4. The van der Waals surface area contributed by atoms with Gasteiger partial charge in [0.2, 0.25) is 0 Å². The molecule has 6 nitrogen and oxygen atoms in total. The number of nitrogens with zero attached hydrogens (tertiary/aromatic N) is 4. The molecule has 2 saturated carbocycles. The van der Waals surface area contributed by atoms with Crippen molar-refractivity contribution in [3.63, 3.8) is 0 Å². The second-order valence-corrected chi connectivity index (χ2v) is 11.3. The summed E-state index contributed by atoms with van der Waals surface area (Å²) in [5.74, 6) is -1.16. The minimum atomic E-state index is -4.86. The highest BCUT2D eigenvalue weighted by molar-refractivity contribution is 5.89. The first-order valence-electron chi connectivity index (χ1n) is 14.0. The molecular formula is C30H35F4N5O. The van der Waals surface area contributed by atoms with Crippen LogP contribution in [0.25, 0.3) is 0 Å². The molecule has 1 heterocycles. The van der Waals surface area contributed by atoms with Gasteiger partial charge in [-0.25, -0.2) is 9.18 Å². The van der Waals surface area contributed by atoms with Crippen molar-refractivity contribution in [3.05, 3.63) is 65.0 Å². The van der Waals surface area contributed by atoms with Crippen LogP contribution < -0.4 is 5.32 Å². The maximum absolute atomic E-state index is 13.9. The van der Waals surface area contributed by atoms with Gasteiger partial charge in [-0.05, 0) is 74.0 Å². The quantitative estimate of drug-likeness (QED) is 0.423. The minimum absolute atomic E-state index is 0.0744. The van der Waals surface area contributed by atoms with Crippen molar-refractivity contribution in [1.82, 2.24) is 14.7 Å². The average molecular weight is 558 g/mol. The van der Waals surface area contributed by atoms with E-state index >= 15 is 0 Å². The zero-order valence-electron chi connectivity index (χ0n) is 22.7. The van der Waals surface area contributed by atoms with Gasteiger partial charge in [-0.3, -0.25) is 4.90 Å². The number of amides is 2. The number of alkyl halides is 3. The number of rotatable bonds is 8. The lowest BCUT2D eigenvalue weighted by molar-refractivity contribution is -0.139. The summed E-state index contributed by atoms with van der Waals surface area (Å²) < 4.78 is 53.7. The standard InChI is InChI=1S/C30H35F4N5O/c1-2-10-37-11-13-38(14-12-37)15-16-39(28(40)36-23-6-7-26(31)24(18-23)30(32,33)34)27-8-9-29(19-25(27)29)22-5-3-4-21(17-22)20-35/h3-7,17-18,25,27H,2,8-16,19H2,1H3,(H,36,40)/t25?,27-,29-/m1/s1. The van der Waals surface area contributed by atoms with Gasteiger partial charge in [0.05, 0.1) is 17.2 Å². The Labute approximate surface area is 232 Å². The van der Waals surface area contributed by atoms with Crippen LogP contribution in [0.4, 0.5) is 28.0 Å². The van der Waals surface area contributed by atoms with E-state index in [1.54, 1.807) is 11.0 Å². The smallest absolute Gasteiger partial charge is 0.320 e. The van der Waals surface area contributed by atoms with Crippen molar-refractivity contribution in [2.24, 2.45) is 5.92 Å². The number of benzene rings is 2. The summed E-state index contributed by atoms with van der Waals surface area (Å²) in [6.45, 7) is 8.10. The largest absolute Gasteiger partial charge is 0.419 e. The van der Waals surface area contributed by atoms with Gasteiger partial charge < -0.3 is 15.1 Å². The maximum atomic E-state index is 13.9. The van der Waals surface area contributed by atoms with E-state index in [9.17, 15) is 27.6 Å². The molecule has 2 aromatic carbocycles. The Kier molecular flexibility index (Phi) is 8.07. The van der Waals surface area contributed by atoms with Crippen LogP contribution in [-0.2, 0) is 11.6 Å². The van der Waals surface area contributed by atoms with Crippen LogP contribution in [0.5, 0.6) is 0 Å². The van der Waals surface area contributed by atoms with Gasteiger partial charge >= 0.3 is 12.2 Å². The van der Waals surface area contributed by atoms with Gasteiger partial charge in [0.25, 0.3) is 0 Å². The first-order valence-corrected chi connectivity index (χ1v) is 14.0. The molecule has 5 rings (SSSR count). The van der Waals surface area contributed by atoms with Gasteiger partial charge in [0.1, 0.15) is 5.82 Å². The van der Waals surface area contributed by atoms with Gasteiger partial charge in [0, 0.05) is 56.4 Å². The molecule has 1 saturated heterocycles. The lowest BCUT2D eigenvalue weighted by Gasteiger charge is -2.37. The maximum Gasteiger partial charge on any atom is 0.419 e. The van der Waals surface area contributed by atoms with Crippen LogP contribution >= 0.6 is 0 Å². The number of piperazine rings is 1. The van der Waals surface area contributed by atoms with Crippen molar-refractivity contribution in [2.45, 2.75) is 50.2 Å². The molecule has 10 heteroatoms. The molecule has 3 atom stereocenters. The zero-order chi connectivity index (χ0) is 28.5. The van der Waals surface area contributed by atoms with Crippen LogP contribution in [0.15, 0.2) is 42.5 Å². The highest BCUT2D eigenvalue weighted by atomic mass is 19.4. The van der Waals surface area contributed by atoms with E-state index in [2.05, 4.69) is 28.1 Å². The fraction of sp³-hybridized carbons (Fsp3) is 0.533. The monoisotopic (exact) mass is 557 g/mol. The van der Waals surface area contributed by atoms with Gasteiger partial charge in [0.15, 0.2) is 0 Å². The summed E-state index contributed by atoms with van der Waals surface area (Å²) in [6, 6.07) is 11.9. The normalized spacial score (nSPS) is 24.8. The van der Waals surface area contributed by atoms with E-state index in [1.807, 2.05) is 18.2 Å². The van der Waals surface area contributed by atoms with E-state index in [0.29, 0.717) is 24.7 Å². The number of fused-ring (bicyclic) bond motifs is 1. The molecule has 0 bridgehead atoms. The van der Waals surface area contributed by atoms with E-state index in [-0.39, 0.29) is 23.1 Å². The molecule has 1 unspecified atom stereocenters. The number of nitriles is 1. The third-order valence-electron chi connectivity index (χ3n) is 8.90. The number of halogens is 4. The summed E-state index contributed by atoms with van der Waals surface area (Å²) in [5, 5.41) is 12.0. The lowest BCUT2D eigenvalue weighted by Crippen LogP contribution is -2.51. The molecule has 3 fully saturated rings.